The van der Waals surface area contributed by atoms with Gasteiger partial charge in [-0.25, -0.2) is 9.78 Å². The smallest absolute Gasteiger partial charge is 0.357 e. The number of anilines is 4. The molecule has 1 aromatic heterocycles. The van der Waals surface area contributed by atoms with Crippen molar-refractivity contribution in [1.82, 2.24) is 14.9 Å². The second-order valence-corrected chi connectivity index (χ2v) is 10.0. The summed E-state index contributed by atoms with van der Waals surface area (Å²) in [6, 6.07) is 8.44. The number of benzene rings is 2. The summed E-state index contributed by atoms with van der Waals surface area (Å²) in [4.78, 5) is 39.9. The van der Waals surface area contributed by atoms with E-state index in [1.54, 1.807) is 43.4 Å². The molecule has 0 bridgehead atoms. The highest BCUT2D eigenvalue weighted by Crippen LogP contribution is 2.35. The minimum Gasteiger partial charge on any atom is -0.357 e. The first-order valence-electron chi connectivity index (χ1n) is 13.0. The van der Waals surface area contributed by atoms with Gasteiger partial charge in [-0.3, -0.25) is 19.5 Å². The van der Waals surface area contributed by atoms with Crippen molar-refractivity contribution in [1.29, 1.82) is 0 Å². The number of carbonyl (C=O) groups is 2. The van der Waals surface area contributed by atoms with Gasteiger partial charge in [0, 0.05) is 43.7 Å². The van der Waals surface area contributed by atoms with E-state index in [-0.39, 0.29) is 30.2 Å². The van der Waals surface area contributed by atoms with Crippen molar-refractivity contribution in [3.63, 3.8) is 0 Å². The summed E-state index contributed by atoms with van der Waals surface area (Å²) in [5, 5.41) is 5.55. The normalized spacial score (nSPS) is 15.8. The van der Waals surface area contributed by atoms with Crippen molar-refractivity contribution in [3.05, 3.63) is 70.4 Å². The van der Waals surface area contributed by atoms with Crippen molar-refractivity contribution < 1.29 is 22.8 Å². The highest BCUT2D eigenvalue weighted by atomic mass is 19.4. The molecule has 1 fully saturated rings. The molecule has 12 heteroatoms. The lowest BCUT2D eigenvalue weighted by molar-refractivity contribution is -0.138. The molecular formula is C28H30F3N7O2. The third-order valence-corrected chi connectivity index (χ3v) is 7.26. The van der Waals surface area contributed by atoms with Crippen LogP contribution in [0.1, 0.15) is 45.5 Å². The van der Waals surface area contributed by atoms with Gasteiger partial charge in [0.05, 0.1) is 17.8 Å². The fraction of sp³-hybridized carbons (Fsp3) is 0.357. The van der Waals surface area contributed by atoms with Crippen LogP contribution >= 0.6 is 0 Å². The summed E-state index contributed by atoms with van der Waals surface area (Å²) < 4.78 is 41.7. The lowest BCUT2D eigenvalue weighted by atomic mass is 10.0. The number of urea groups is 1. The fourth-order valence-electron chi connectivity index (χ4n) is 5.10. The average molecular weight is 554 g/mol. The summed E-state index contributed by atoms with van der Waals surface area (Å²) >= 11 is 0. The third-order valence-electron chi connectivity index (χ3n) is 7.26. The number of nitrogens with zero attached hydrogens (tertiary/aromatic N) is 5. The Morgan fingerprint density at radius 1 is 1.10 bits per heavy atom. The first-order chi connectivity index (χ1) is 19.0. The van der Waals surface area contributed by atoms with Crippen molar-refractivity contribution in [3.8, 4) is 0 Å². The number of rotatable bonds is 6. The number of amides is 3. The standard InChI is InChI=1S/C28H30F3N7O2/c1-17-6-9-21(13-23(17)38-16-20-14-33-26(32-2)35-24(20)36(3)27(38)40)34-25(39)18-7-8-19(15-37-10-4-5-11-37)22(12-18)28(29,30)31/h6-9,12-14H,4-5,10-11,15-16H2,1-3H3,(H,34,39)(H,32,33,35). The number of fused-ring (bicyclic) bond motifs is 1. The SMILES string of the molecule is CNc1ncc2c(n1)N(C)C(=O)N(c1cc(NC(=O)c3ccc(CN4CCCC4)c(C(F)(F)F)c3)ccc1C)C2. The molecule has 210 valence electrons. The second-order valence-electron chi connectivity index (χ2n) is 10.0. The number of hydrogen-bond donors (Lipinski definition) is 2. The van der Waals surface area contributed by atoms with E-state index < -0.39 is 17.6 Å². The number of halogens is 3. The summed E-state index contributed by atoms with van der Waals surface area (Å²) in [5.74, 6) is 0.218. The Balaban J connectivity index is 1.39. The van der Waals surface area contributed by atoms with Gasteiger partial charge >= 0.3 is 12.2 Å². The van der Waals surface area contributed by atoms with Gasteiger partial charge in [-0.2, -0.15) is 18.2 Å². The second kappa shape index (κ2) is 10.8. The summed E-state index contributed by atoms with van der Waals surface area (Å²) in [6.07, 6.45) is -0.998. The number of nitrogens with one attached hydrogen (secondary N) is 2. The maximum absolute atomic E-state index is 13.9. The van der Waals surface area contributed by atoms with Gasteiger partial charge < -0.3 is 10.6 Å². The van der Waals surface area contributed by atoms with E-state index >= 15 is 0 Å². The number of hydrogen-bond acceptors (Lipinski definition) is 6. The Morgan fingerprint density at radius 2 is 1.85 bits per heavy atom. The average Bonchev–Trinajstić information content (AvgIpc) is 3.44. The lowest BCUT2D eigenvalue weighted by Crippen LogP contribution is -2.46. The quantitative estimate of drug-likeness (QED) is 0.432. The number of aryl methyl sites for hydroxylation is 1. The molecule has 2 aromatic carbocycles. The highest BCUT2D eigenvalue weighted by Gasteiger charge is 2.35. The van der Waals surface area contributed by atoms with Crippen molar-refractivity contribution in [2.24, 2.45) is 0 Å². The molecular weight excluding hydrogens is 523 g/mol. The molecule has 5 rings (SSSR count). The van der Waals surface area contributed by atoms with Crippen LogP contribution in [0, 0.1) is 6.92 Å². The summed E-state index contributed by atoms with van der Waals surface area (Å²) in [6.45, 7) is 3.77. The van der Waals surface area contributed by atoms with Crippen LogP contribution in [0.15, 0.2) is 42.6 Å². The van der Waals surface area contributed by atoms with Crippen LogP contribution in [0.4, 0.5) is 41.1 Å². The predicted octanol–water partition coefficient (Wildman–Crippen LogP) is 5.27. The fourth-order valence-corrected chi connectivity index (χ4v) is 5.10. The maximum atomic E-state index is 13.9. The van der Waals surface area contributed by atoms with E-state index in [1.165, 1.54) is 17.0 Å². The van der Waals surface area contributed by atoms with E-state index in [1.807, 2.05) is 11.8 Å². The Kier molecular flexibility index (Phi) is 7.37. The van der Waals surface area contributed by atoms with Crippen LogP contribution in [0.2, 0.25) is 0 Å². The Labute approximate surface area is 230 Å². The van der Waals surface area contributed by atoms with Gasteiger partial charge in [-0.05, 0) is 68.2 Å². The molecule has 0 radical (unpaired) electrons. The van der Waals surface area contributed by atoms with Gasteiger partial charge in [0.25, 0.3) is 5.91 Å². The Hall–Kier alpha value is -4.19. The number of carbonyl (C=O) groups excluding carboxylic acids is 2. The van der Waals surface area contributed by atoms with Crippen LogP contribution in [0.25, 0.3) is 0 Å². The van der Waals surface area contributed by atoms with Gasteiger partial charge in [0.2, 0.25) is 5.95 Å². The van der Waals surface area contributed by atoms with Crippen molar-refractivity contribution >= 4 is 35.1 Å². The van der Waals surface area contributed by atoms with Crippen LogP contribution < -0.4 is 20.4 Å². The molecule has 0 spiro atoms. The minimum absolute atomic E-state index is 0.0974. The molecule has 3 aromatic rings. The van der Waals surface area contributed by atoms with Gasteiger partial charge in [0.1, 0.15) is 5.82 Å². The maximum Gasteiger partial charge on any atom is 0.416 e. The van der Waals surface area contributed by atoms with E-state index in [0.717, 1.165) is 43.1 Å². The summed E-state index contributed by atoms with van der Waals surface area (Å²) in [5.41, 5.74) is 1.67. The zero-order valence-electron chi connectivity index (χ0n) is 22.5. The van der Waals surface area contributed by atoms with Crippen LogP contribution in [0.3, 0.4) is 0 Å². The van der Waals surface area contributed by atoms with Gasteiger partial charge in [-0.15, -0.1) is 0 Å². The first kappa shape index (κ1) is 27.4. The van der Waals surface area contributed by atoms with Crippen LogP contribution in [0.5, 0.6) is 0 Å². The van der Waals surface area contributed by atoms with E-state index in [0.29, 0.717) is 23.1 Å². The van der Waals surface area contributed by atoms with Gasteiger partial charge in [-0.1, -0.05) is 12.1 Å². The molecule has 9 nitrogen and oxygen atoms in total. The van der Waals surface area contributed by atoms with Crippen LogP contribution in [-0.4, -0.2) is 54.0 Å². The molecule has 2 aliphatic rings. The van der Waals surface area contributed by atoms with E-state index in [2.05, 4.69) is 20.6 Å². The molecule has 2 aliphatic heterocycles. The van der Waals surface area contributed by atoms with Crippen molar-refractivity contribution in [2.45, 2.75) is 39.0 Å². The van der Waals surface area contributed by atoms with E-state index in [9.17, 15) is 22.8 Å². The summed E-state index contributed by atoms with van der Waals surface area (Å²) in [7, 11) is 3.31. The third kappa shape index (κ3) is 5.44. The molecule has 0 aliphatic carbocycles. The highest BCUT2D eigenvalue weighted by molar-refractivity contribution is 6.07. The predicted molar refractivity (Wildman–Crippen MR) is 147 cm³/mol. The number of likely N-dealkylation sites (tertiary alicyclic amines) is 1. The zero-order chi connectivity index (χ0) is 28.6. The molecule has 3 amide bonds. The molecule has 2 N–H and O–H groups in total. The topological polar surface area (TPSA) is 93.7 Å². The molecule has 0 saturated carbocycles. The molecule has 1 saturated heterocycles. The van der Waals surface area contributed by atoms with E-state index in [4.69, 9.17) is 0 Å². The largest absolute Gasteiger partial charge is 0.416 e. The Bertz CT molecular complexity index is 1450. The molecule has 0 unspecified atom stereocenters. The zero-order valence-corrected chi connectivity index (χ0v) is 22.5. The van der Waals surface area contributed by atoms with Gasteiger partial charge in [0.15, 0.2) is 0 Å². The first-order valence-corrected chi connectivity index (χ1v) is 13.0. The number of aromatic nitrogens is 2. The molecule has 40 heavy (non-hydrogen) atoms. The molecule has 3 heterocycles. The minimum atomic E-state index is -4.59. The van der Waals surface area contributed by atoms with Crippen molar-refractivity contribution in [2.75, 3.05) is 47.6 Å². The lowest BCUT2D eigenvalue weighted by Gasteiger charge is -2.35. The molecule has 0 atom stereocenters. The Morgan fingerprint density at radius 3 is 2.55 bits per heavy atom. The monoisotopic (exact) mass is 553 g/mol. The number of alkyl halides is 3. The van der Waals surface area contributed by atoms with Crippen LogP contribution in [-0.2, 0) is 19.3 Å².